The van der Waals surface area contributed by atoms with Crippen LogP contribution < -0.4 is 5.32 Å². The standard InChI is InChI=1S/C24H26F3N3O5/c25-24(26,27)10-7-20(32)29-11-8-14(9-12-29)1-2-15-3-4-16-17(13-15)23(35)30(22(16)34)18-5-6-19(31)28-21(18)33/h3-4,13-14,18H,1-2,5-12H2,(H,28,31,33). The van der Waals surface area contributed by atoms with E-state index in [1.54, 1.807) is 18.2 Å². The molecular weight excluding hydrogens is 467 g/mol. The maximum atomic E-state index is 12.9. The van der Waals surface area contributed by atoms with Crippen molar-refractivity contribution < 1.29 is 37.1 Å². The highest BCUT2D eigenvalue weighted by Gasteiger charge is 2.44. The molecule has 188 valence electrons. The molecule has 1 atom stereocenters. The van der Waals surface area contributed by atoms with Gasteiger partial charge in [0.15, 0.2) is 0 Å². The lowest BCUT2D eigenvalue weighted by Crippen LogP contribution is -2.54. The Kier molecular flexibility index (Phi) is 6.95. The summed E-state index contributed by atoms with van der Waals surface area (Å²) in [7, 11) is 0. The van der Waals surface area contributed by atoms with Crippen molar-refractivity contribution in [2.24, 2.45) is 5.92 Å². The number of alkyl halides is 3. The Balaban J connectivity index is 1.31. The molecule has 3 aliphatic rings. The summed E-state index contributed by atoms with van der Waals surface area (Å²) in [6, 6.07) is 4.01. The molecule has 0 spiro atoms. The lowest BCUT2D eigenvalue weighted by molar-refractivity contribution is -0.149. The van der Waals surface area contributed by atoms with Crippen molar-refractivity contribution in [3.05, 3.63) is 34.9 Å². The predicted molar refractivity (Wildman–Crippen MR) is 116 cm³/mol. The number of carbonyl (C=O) groups is 5. The maximum absolute atomic E-state index is 12.9. The number of fused-ring (bicyclic) bond motifs is 1. The molecule has 3 aliphatic heterocycles. The van der Waals surface area contributed by atoms with Crippen LogP contribution in [0.3, 0.4) is 0 Å². The zero-order valence-corrected chi connectivity index (χ0v) is 19.0. The van der Waals surface area contributed by atoms with E-state index in [1.165, 1.54) is 4.90 Å². The molecule has 1 aromatic rings. The summed E-state index contributed by atoms with van der Waals surface area (Å²) in [5.41, 5.74) is 1.33. The third-order valence-electron chi connectivity index (χ3n) is 6.94. The predicted octanol–water partition coefficient (Wildman–Crippen LogP) is 2.60. The summed E-state index contributed by atoms with van der Waals surface area (Å²) in [6.45, 7) is 0.860. The summed E-state index contributed by atoms with van der Waals surface area (Å²) in [5, 5.41) is 2.17. The average Bonchev–Trinajstić information content (AvgIpc) is 3.05. The van der Waals surface area contributed by atoms with Crippen molar-refractivity contribution in [3.8, 4) is 0 Å². The summed E-state index contributed by atoms with van der Waals surface area (Å²) >= 11 is 0. The molecule has 0 bridgehead atoms. The number of likely N-dealkylation sites (tertiary alicyclic amines) is 1. The van der Waals surface area contributed by atoms with Crippen LogP contribution in [0.1, 0.15) is 71.2 Å². The fourth-order valence-electron chi connectivity index (χ4n) is 4.92. The second-order valence-corrected chi connectivity index (χ2v) is 9.31. The van der Waals surface area contributed by atoms with Crippen LogP contribution >= 0.6 is 0 Å². The van der Waals surface area contributed by atoms with Crippen molar-refractivity contribution in [2.75, 3.05) is 13.1 Å². The van der Waals surface area contributed by atoms with Crippen LogP contribution in [0.25, 0.3) is 0 Å². The summed E-state index contributed by atoms with van der Waals surface area (Å²) in [5.74, 6) is -2.35. The molecule has 2 saturated heterocycles. The number of carbonyl (C=O) groups excluding carboxylic acids is 5. The first-order valence-electron chi connectivity index (χ1n) is 11.7. The first-order valence-corrected chi connectivity index (χ1v) is 11.7. The highest BCUT2D eigenvalue weighted by Crippen LogP contribution is 2.30. The number of benzene rings is 1. The number of piperidine rings is 2. The SMILES string of the molecule is O=C1CCC(N2C(=O)c3ccc(CCC4CCN(C(=O)CCC(F)(F)F)CC4)cc3C2=O)C(=O)N1. The van der Waals surface area contributed by atoms with Crippen LogP contribution in [0, 0.1) is 5.92 Å². The third-order valence-corrected chi connectivity index (χ3v) is 6.94. The fourth-order valence-corrected chi connectivity index (χ4v) is 4.92. The van der Waals surface area contributed by atoms with Gasteiger partial charge in [0.05, 0.1) is 17.5 Å². The lowest BCUT2D eigenvalue weighted by atomic mass is 9.90. The average molecular weight is 493 g/mol. The van der Waals surface area contributed by atoms with Gasteiger partial charge in [-0.1, -0.05) is 6.07 Å². The molecule has 0 aromatic heterocycles. The van der Waals surface area contributed by atoms with Crippen LogP contribution in [0.5, 0.6) is 0 Å². The van der Waals surface area contributed by atoms with Gasteiger partial charge in [0, 0.05) is 25.9 Å². The van der Waals surface area contributed by atoms with Crippen LogP contribution in [-0.4, -0.2) is 64.6 Å². The maximum Gasteiger partial charge on any atom is 0.389 e. The molecule has 1 N–H and O–H groups in total. The number of nitrogens with zero attached hydrogens (tertiary/aromatic N) is 2. The van der Waals surface area contributed by atoms with Gasteiger partial charge in [-0.3, -0.25) is 34.2 Å². The van der Waals surface area contributed by atoms with E-state index in [-0.39, 0.29) is 24.0 Å². The molecule has 1 aromatic carbocycles. The number of imide groups is 2. The molecule has 1 unspecified atom stereocenters. The van der Waals surface area contributed by atoms with Crippen LogP contribution in [-0.2, 0) is 20.8 Å². The first kappa shape index (κ1) is 24.9. The largest absolute Gasteiger partial charge is 0.389 e. The smallest absolute Gasteiger partial charge is 0.343 e. The highest BCUT2D eigenvalue weighted by atomic mass is 19.4. The summed E-state index contributed by atoms with van der Waals surface area (Å²) < 4.78 is 37.0. The number of rotatable bonds is 6. The molecule has 4 rings (SSSR count). The van der Waals surface area contributed by atoms with Gasteiger partial charge in [0.25, 0.3) is 11.8 Å². The van der Waals surface area contributed by atoms with Gasteiger partial charge in [-0.05, 0) is 55.7 Å². The van der Waals surface area contributed by atoms with Gasteiger partial charge in [0.2, 0.25) is 17.7 Å². The fraction of sp³-hybridized carbons (Fsp3) is 0.542. The molecule has 5 amide bonds. The minimum Gasteiger partial charge on any atom is -0.343 e. The van der Waals surface area contributed by atoms with Crippen molar-refractivity contribution in [1.82, 2.24) is 15.1 Å². The number of hydrogen-bond donors (Lipinski definition) is 1. The van der Waals surface area contributed by atoms with E-state index >= 15 is 0 Å². The van der Waals surface area contributed by atoms with Gasteiger partial charge < -0.3 is 4.90 Å². The Morgan fingerprint density at radius 3 is 2.34 bits per heavy atom. The van der Waals surface area contributed by atoms with Crippen LogP contribution in [0.2, 0.25) is 0 Å². The van der Waals surface area contributed by atoms with E-state index in [4.69, 9.17) is 0 Å². The minimum absolute atomic E-state index is 0.0573. The Morgan fingerprint density at radius 1 is 1.00 bits per heavy atom. The Bertz CT molecular complexity index is 1060. The number of halogens is 3. The van der Waals surface area contributed by atoms with Crippen LogP contribution in [0.15, 0.2) is 18.2 Å². The minimum atomic E-state index is -4.34. The molecule has 8 nitrogen and oxygen atoms in total. The molecule has 11 heteroatoms. The Labute approximate surface area is 199 Å². The third kappa shape index (κ3) is 5.54. The normalized spacial score (nSPS) is 21.4. The molecular formula is C24H26F3N3O5. The number of nitrogens with one attached hydrogen (secondary N) is 1. The molecule has 0 saturated carbocycles. The quantitative estimate of drug-likeness (QED) is 0.614. The summed E-state index contributed by atoms with van der Waals surface area (Å²) in [4.78, 5) is 63.7. The van der Waals surface area contributed by atoms with E-state index in [1.807, 2.05) is 0 Å². The highest BCUT2D eigenvalue weighted by molar-refractivity contribution is 6.23. The van der Waals surface area contributed by atoms with E-state index in [2.05, 4.69) is 5.32 Å². The van der Waals surface area contributed by atoms with Gasteiger partial charge >= 0.3 is 6.18 Å². The monoisotopic (exact) mass is 493 g/mol. The second-order valence-electron chi connectivity index (χ2n) is 9.31. The van der Waals surface area contributed by atoms with Gasteiger partial charge in [-0.15, -0.1) is 0 Å². The van der Waals surface area contributed by atoms with E-state index in [9.17, 15) is 37.1 Å². The second kappa shape index (κ2) is 9.79. The van der Waals surface area contributed by atoms with E-state index in [0.29, 0.717) is 38.3 Å². The topological polar surface area (TPSA) is 104 Å². The van der Waals surface area contributed by atoms with Crippen molar-refractivity contribution in [2.45, 2.75) is 63.6 Å². The molecule has 0 radical (unpaired) electrons. The van der Waals surface area contributed by atoms with Gasteiger partial charge in [-0.25, -0.2) is 0 Å². The van der Waals surface area contributed by atoms with E-state index in [0.717, 1.165) is 16.9 Å². The molecule has 3 heterocycles. The Hall–Kier alpha value is -3.24. The number of aryl methyl sites for hydroxylation is 1. The first-order chi connectivity index (χ1) is 16.5. The zero-order chi connectivity index (χ0) is 25.3. The van der Waals surface area contributed by atoms with Crippen molar-refractivity contribution >= 4 is 29.5 Å². The zero-order valence-electron chi connectivity index (χ0n) is 19.0. The number of amides is 5. The van der Waals surface area contributed by atoms with Crippen molar-refractivity contribution in [3.63, 3.8) is 0 Å². The van der Waals surface area contributed by atoms with Gasteiger partial charge in [0.1, 0.15) is 6.04 Å². The van der Waals surface area contributed by atoms with Crippen LogP contribution in [0.4, 0.5) is 13.2 Å². The molecule has 0 aliphatic carbocycles. The van der Waals surface area contributed by atoms with E-state index < -0.39 is 54.6 Å². The van der Waals surface area contributed by atoms with Crippen molar-refractivity contribution in [1.29, 1.82) is 0 Å². The molecule has 2 fully saturated rings. The van der Waals surface area contributed by atoms with Gasteiger partial charge in [-0.2, -0.15) is 13.2 Å². The summed E-state index contributed by atoms with van der Waals surface area (Å²) in [6.07, 6.45) is -3.00. The lowest BCUT2D eigenvalue weighted by Gasteiger charge is -2.32. The number of hydrogen-bond acceptors (Lipinski definition) is 5. The molecule has 35 heavy (non-hydrogen) atoms. The Morgan fingerprint density at radius 2 is 1.69 bits per heavy atom.